The summed E-state index contributed by atoms with van der Waals surface area (Å²) in [7, 11) is 0. The van der Waals surface area contributed by atoms with Gasteiger partial charge in [0, 0.05) is 36.5 Å². The second-order valence-electron chi connectivity index (χ2n) is 4.66. The molecule has 1 aromatic carbocycles. The van der Waals surface area contributed by atoms with Gasteiger partial charge < -0.3 is 5.32 Å². The number of aromatic nitrogens is 3. The van der Waals surface area contributed by atoms with Crippen molar-refractivity contribution < 1.29 is 0 Å². The Kier molecular flexibility index (Phi) is 3.46. The van der Waals surface area contributed by atoms with E-state index in [-0.39, 0.29) is 0 Å². The summed E-state index contributed by atoms with van der Waals surface area (Å²) in [6, 6.07) is 14.2. The van der Waals surface area contributed by atoms with Crippen molar-refractivity contribution in [3.05, 3.63) is 72.3 Å². The molecule has 2 heterocycles. The molecule has 0 aliphatic heterocycles. The molecule has 4 heteroatoms. The van der Waals surface area contributed by atoms with Crippen LogP contribution in [0.2, 0.25) is 0 Å². The van der Waals surface area contributed by atoms with E-state index >= 15 is 0 Å². The van der Waals surface area contributed by atoms with E-state index in [0.29, 0.717) is 0 Å². The van der Waals surface area contributed by atoms with Gasteiger partial charge in [-0.25, -0.2) is 4.68 Å². The maximum atomic E-state index is 4.29. The standard InChI is InChI=1S/C16H16N4/c1-13-3-4-14(11-17-13)12-18-15-5-7-16(8-6-15)20-10-2-9-19-20/h2-11,18H,12H2,1H3. The molecular formula is C16H16N4. The van der Waals surface area contributed by atoms with Crippen LogP contribution in [0, 0.1) is 6.92 Å². The van der Waals surface area contributed by atoms with E-state index in [9.17, 15) is 0 Å². The molecule has 0 saturated carbocycles. The van der Waals surface area contributed by atoms with Gasteiger partial charge in [-0.1, -0.05) is 6.07 Å². The monoisotopic (exact) mass is 264 g/mol. The molecule has 3 rings (SSSR count). The Morgan fingerprint density at radius 2 is 1.95 bits per heavy atom. The quantitative estimate of drug-likeness (QED) is 0.787. The summed E-state index contributed by atoms with van der Waals surface area (Å²) in [4.78, 5) is 4.29. The SMILES string of the molecule is Cc1ccc(CNc2ccc(-n3cccn3)cc2)cn1. The van der Waals surface area contributed by atoms with Crippen LogP contribution >= 0.6 is 0 Å². The Labute approximate surface area is 118 Å². The Balaban J connectivity index is 1.65. The average molecular weight is 264 g/mol. The molecular weight excluding hydrogens is 248 g/mol. The number of nitrogens with zero attached hydrogens (tertiary/aromatic N) is 3. The number of aryl methyl sites for hydroxylation is 1. The predicted octanol–water partition coefficient (Wildman–Crippen LogP) is 3.19. The third kappa shape index (κ3) is 2.85. The number of hydrogen-bond acceptors (Lipinski definition) is 3. The van der Waals surface area contributed by atoms with Gasteiger partial charge in [-0.3, -0.25) is 4.98 Å². The lowest BCUT2D eigenvalue weighted by atomic mass is 10.2. The highest BCUT2D eigenvalue weighted by Crippen LogP contribution is 2.13. The summed E-state index contributed by atoms with van der Waals surface area (Å²) in [5, 5.41) is 7.59. The fourth-order valence-corrected chi connectivity index (χ4v) is 1.96. The maximum Gasteiger partial charge on any atom is 0.0647 e. The van der Waals surface area contributed by atoms with Crippen LogP contribution in [-0.4, -0.2) is 14.8 Å². The van der Waals surface area contributed by atoms with Gasteiger partial charge >= 0.3 is 0 Å². The molecule has 100 valence electrons. The first-order valence-corrected chi connectivity index (χ1v) is 6.57. The Bertz CT molecular complexity index is 655. The Hall–Kier alpha value is -2.62. The molecule has 0 atom stereocenters. The highest BCUT2D eigenvalue weighted by Gasteiger charge is 1.98. The van der Waals surface area contributed by atoms with E-state index < -0.39 is 0 Å². The van der Waals surface area contributed by atoms with Crippen molar-refractivity contribution in [2.45, 2.75) is 13.5 Å². The lowest BCUT2D eigenvalue weighted by molar-refractivity contribution is 0.880. The average Bonchev–Trinajstić information content (AvgIpc) is 3.01. The summed E-state index contributed by atoms with van der Waals surface area (Å²) in [6.45, 7) is 2.76. The smallest absolute Gasteiger partial charge is 0.0647 e. The van der Waals surface area contributed by atoms with E-state index in [4.69, 9.17) is 0 Å². The van der Waals surface area contributed by atoms with Crippen molar-refractivity contribution >= 4 is 5.69 Å². The minimum absolute atomic E-state index is 0.772. The van der Waals surface area contributed by atoms with Gasteiger partial charge in [0.15, 0.2) is 0 Å². The van der Waals surface area contributed by atoms with Crippen LogP contribution in [0.3, 0.4) is 0 Å². The van der Waals surface area contributed by atoms with Gasteiger partial charge in [-0.15, -0.1) is 0 Å². The third-order valence-corrected chi connectivity index (χ3v) is 3.11. The molecule has 0 saturated heterocycles. The molecule has 2 aromatic heterocycles. The van der Waals surface area contributed by atoms with Gasteiger partial charge in [-0.2, -0.15) is 5.10 Å². The van der Waals surface area contributed by atoms with E-state index in [1.165, 1.54) is 5.56 Å². The molecule has 20 heavy (non-hydrogen) atoms. The number of benzene rings is 1. The fourth-order valence-electron chi connectivity index (χ4n) is 1.96. The van der Waals surface area contributed by atoms with Crippen LogP contribution in [0.4, 0.5) is 5.69 Å². The summed E-state index contributed by atoms with van der Waals surface area (Å²) >= 11 is 0. The lowest BCUT2D eigenvalue weighted by Crippen LogP contribution is -2.00. The van der Waals surface area contributed by atoms with Gasteiger partial charge in [-0.05, 0) is 48.9 Å². The first-order valence-electron chi connectivity index (χ1n) is 6.57. The van der Waals surface area contributed by atoms with Gasteiger partial charge in [0.05, 0.1) is 5.69 Å². The summed E-state index contributed by atoms with van der Waals surface area (Å²) in [5.74, 6) is 0. The summed E-state index contributed by atoms with van der Waals surface area (Å²) in [6.07, 6.45) is 5.61. The molecule has 0 aliphatic rings. The van der Waals surface area contributed by atoms with Crippen LogP contribution in [0.15, 0.2) is 61.1 Å². The largest absolute Gasteiger partial charge is 0.381 e. The van der Waals surface area contributed by atoms with E-state index in [1.807, 2.05) is 48.3 Å². The van der Waals surface area contributed by atoms with E-state index in [2.05, 4.69) is 33.6 Å². The van der Waals surface area contributed by atoms with Crippen molar-refractivity contribution in [2.75, 3.05) is 5.32 Å². The molecule has 0 spiro atoms. The van der Waals surface area contributed by atoms with E-state index in [0.717, 1.165) is 23.6 Å². The van der Waals surface area contributed by atoms with Gasteiger partial charge in [0.25, 0.3) is 0 Å². The molecule has 0 aliphatic carbocycles. The number of pyridine rings is 1. The first-order chi connectivity index (χ1) is 9.81. The van der Waals surface area contributed by atoms with Crippen LogP contribution in [0.5, 0.6) is 0 Å². The molecule has 0 fully saturated rings. The highest BCUT2D eigenvalue weighted by atomic mass is 15.3. The Morgan fingerprint density at radius 1 is 1.10 bits per heavy atom. The zero-order valence-corrected chi connectivity index (χ0v) is 11.3. The topological polar surface area (TPSA) is 42.7 Å². The number of rotatable bonds is 4. The highest BCUT2D eigenvalue weighted by molar-refractivity contribution is 5.48. The fraction of sp³-hybridized carbons (Fsp3) is 0.125. The molecule has 0 unspecified atom stereocenters. The number of nitrogens with one attached hydrogen (secondary N) is 1. The van der Waals surface area contributed by atoms with Crippen molar-refractivity contribution in [3.8, 4) is 5.69 Å². The molecule has 1 N–H and O–H groups in total. The molecule has 0 radical (unpaired) electrons. The second-order valence-corrected chi connectivity index (χ2v) is 4.66. The van der Waals surface area contributed by atoms with Crippen molar-refractivity contribution in [2.24, 2.45) is 0 Å². The summed E-state index contributed by atoms with van der Waals surface area (Å²) in [5.41, 5.74) is 4.35. The zero-order chi connectivity index (χ0) is 13.8. The zero-order valence-electron chi connectivity index (χ0n) is 11.3. The first kappa shape index (κ1) is 12.4. The number of anilines is 1. The predicted molar refractivity (Wildman–Crippen MR) is 79.9 cm³/mol. The summed E-state index contributed by atoms with van der Waals surface area (Å²) < 4.78 is 1.84. The molecule has 0 amide bonds. The van der Waals surface area contributed by atoms with Gasteiger partial charge in [0.2, 0.25) is 0 Å². The second kappa shape index (κ2) is 5.57. The minimum atomic E-state index is 0.772. The van der Waals surface area contributed by atoms with Crippen LogP contribution < -0.4 is 5.32 Å². The number of hydrogen-bond donors (Lipinski definition) is 1. The molecule has 0 bridgehead atoms. The van der Waals surface area contributed by atoms with Crippen LogP contribution in [0.25, 0.3) is 5.69 Å². The van der Waals surface area contributed by atoms with Gasteiger partial charge in [0.1, 0.15) is 0 Å². The van der Waals surface area contributed by atoms with Crippen molar-refractivity contribution in [3.63, 3.8) is 0 Å². The normalized spacial score (nSPS) is 10.4. The minimum Gasteiger partial charge on any atom is -0.381 e. The lowest BCUT2D eigenvalue weighted by Gasteiger charge is -2.08. The molecule has 4 nitrogen and oxygen atoms in total. The van der Waals surface area contributed by atoms with Crippen LogP contribution in [0.1, 0.15) is 11.3 Å². The van der Waals surface area contributed by atoms with Crippen molar-refractivity contribution in [1.82, 2.24) is 14.8 Å². The third-order valence-electron chi connectivity index (χ3n) is 3.11. The van der Waals surface area contributed by atoms with Crippen molar-refractivity contribution in [1.29, 1.82) is 0 Å². The maximum absolute atomic E-state index is 4.29. The Morgan fingerprint density at radius 3 is 2.60 bits per heavy atom. The molecule has 3 aromatic rings. The van der Waals surface area contributed by atoms with Crippen LogP contribution in [-0.2, 0) is 6.54 Å². The van der Waals surface area contributed by atoms with E-state index in [1.54, 1.807) is 6.20 Å².